The van der Waals surface area contributed by atoms with E-state index in [-0.39, 0.29) is 5.56 Å². The standard InChI is InChI=1S/C19H26N2O2S/c1-4-6-11-23-15-10-7-9-14(12-15)13-16-17(8-5-2)20-19(24-3)21-18(16)22/h7,9-10,12H,4-6,8,11,13H2,1-3H3,(H,20,21,22). The summed E-state index contributed by atoms with van der Waals surface area (Å²) >= 11 is 1.46. The van der Waals surface area contributed by atoms with Gasteiger partial charge in [0.05, 0.1) is 12.3 Å². The molecule has 4 nitrogen and oxygen atoms in total. The molecule has 24 heavy (non-hydrogen) atoms. The highest BCUT2D eigenvalue weighted by Crippen LogP contribution is 2.18. The minimum absolute atomic E-state index is 0.0323. The maximum absolute atomic E-state index is 12.5. The van der Waals surface area contributed by atoms with E-state index in [1.165, 1.54) is 11.8 Å². The van der Waals surface area contributed by atoms with Crippen LogP contribution in [0.2, 0.25) is 0 Å². The number of unbranched alkanes of at least 4 members (excludes halogenated alkanes) is 1. The molecule has 2 aromatic rings. The molecule has 0 bridgehead atoms. The third kappa shape index (κ3) is 5.13. The molecule has 0 aliphatic heterocycles. The lowest BCUT2D eigenvalue weighted by atomic mass is 10.0. The van der Waals surface area contributed by atoms with Gasteiger partial charge in [0.1, 0.15) is 5.75 Å². The second-order valence-corrected chi connectivity index (χ2v) is 6.57. The zero-order valence-corrected chi connectivity index (χ0v) is 15.5. The maximum atomic E-state index is 12.5. The van der Waals surface area contributed by atoms with Crippen molar-refractivity contribution in [3.05, 3.63) is 51.4 Å². The Morgan fingerprint density at radius 3 is 2.79 bits per heavy atom. The third-order valence-electron chi connectivity index (χ3n) is 3.81. The van der Waals surface area contributed by atoms with Crippen molar-refractivity contribution in [3.63, 3.8) is 0 Å². The predicted octanol–water partition coefficient (Wildman–Crippen LogP) is 4.21. The molecule has 2 rings (SSSR count). The van der Waals surface area contributed by atoms with Gasteiger partial charge in [-0.15, -0.1) is 0 Å². The summed E-state index contributed by atoms with van der Waals surface area (Å²) < 4.78 is 5.76. The van der Waals surface area contributed by atoms with Crippen LogP contribution in [0.4, 0.5) is 0 Å². The van der Waals surface area contributed by atoms with Crippen LogP contribution in [0.25, 0.3) is 0 Å². The number of aromatic nitrogens is 2. The summed E-state index contributed by atoms with van der Waals surface area (Å²) in [6, 6.07) is 8.00. The first-order chi connectivity index (χ1) is 11.7. The molecule has 0 radical (unpaired) electrons. The lowest BCUT2D eigenvalue weighted by Gasteiger charge is -2.10. The molecule has 0 aliphatic carbocycles. The van der Waals surface area contributed by atoms with E-state index in [0.29, 0.717) is 11.6 Å². The molecule has 0 unspecified atom stereocenters. The van der Waals surface area contributed by atoms with E-state index in [9.17, 15) is 4.79 Å². The van der Waals surface area contributed by atoms with Crippen LogP contribution >= 0.6 is 11.8 Å². The minimum atomic E-state index is -0.0323. The number of hydrogen-bond acceptors (Lipinski definition) is 4. The van der Waals surface area contributed by atoms with Gasteiger partial charge in [-0.25, -0.2) is 4.98 Å². The van der Waals surface area contributed by atoms with E-state index in [0.717, 1.165) is 54.9 Å². The molecule has 0 spiro atoms. The first-order valence-corrected chi connectivity index (χ1v) is 9.78. The monoisotopic (exact) mass is 346 g/mol. The summed E-state index contributed by atoms with van der Waals surface area (Å²) in [4.78, 5) is 19.9. The van der Waals surface area contributed by atoms with Gasteiger partial charge in [-0.2, -0.15) is 0 Å². The highest BCUT2D eigenvalue weighted by Gasteiger charge is 2.12. The van der Waals surface area contributed by atoms with Gasteiger partial charge in [-0.3, -0.25) is 4.79 Å². The molecule has 5 heteroatoms. The van der Waals surface area contributed by atoms with E-state index >= 15 is 0 Å². The van der Waals surface area contributed by atoms with Gasteiger partial charge in [0.15, 0.2) is 5.16 Å². The van der Waals surface area contributed by atoms with Crippen LogP contribution in [0.1, 0.15) is 49.9 Å². The maximum Gasteiger partial charge on any atom is 0.255 e. The van der Waals surface area contributed by atoms with Crippen molar-refractivity contribution in [2.75, 3.05) is 12.9 Å². The molecule has 1 aromatic carbocycles. The Labute approximate surface area is 148 Å². The van der Waals surface area contributed by atoms with E-state index in [4.69, 9.17) is 4.74 Å². The van der Waals surface area contributed by atoms with E-state index < -0.39 is 0 Å². The molecule has 0 aliphatic rings. The number of H-pyrrole nitrogens is 1. The SMILES string of the molecule is CCCCOc1cccc(Cc2c(CCC)nc(SC)[nH]c2=O)c1. The molecule has 0 saturated heterocycles. The van der Waals surface area contributed by atoms with E-state index in [2.05, 4.69) is 23.8 Å². The van der Waals surface area contributed by atoms with Crippen molar-refractivity contribution in [2.24, 2.45) is 0 Å². The van der Waals surface area contributed by atoms with Crippen LogP contribution in [0.15, 0.2) is 34.2 Å². The number of aromatic amines is 1. The molecule has 0 atom stereocenters. The van der Waals surface area contributed by atoms with Crippen molar-refractivity contribution in [1.82, 2.24) is 9.97 Å². The predicted molar refractivity (Wildman–Crippen MR) is 100 cm³/mol. The molecular weight excluding hydrogens is 320 g/mol. The number of rotatable bonds is 9. The minimum Gasteiger partial charge on any atom is -0.494 e. The second kappa shape index (κ2) is 9.52. The van der Waals surface area contributed by atoms with Crippen molar-refractivity contribution >= 4 is 11.8 Å². The summed E-state index contributed by atoms with van der Waals surface area (Å²) in [5.41, 5.74) is 2.71. The van der Waals surface area contributed by atoms with E-state index in [1.54, 1.807) is 0 Å². The van der Waals surface area contributed by atoms with Gasteiger partial charge in [-0.1, -0.05) is 50.6 Å². The smallest absolute Gasteiger partial charge is 0.255 e. The average Bonchev–Trinajstić information content (AvgIpc) is 2.58. The summed E-state index contributed by atoms with van der Waals surface area (Å²) in [6.45, 7) is 4.98. The summed E-state index contributed by atoms with van der Waals surface area (Å²) in [6.07, 6.45) is 6.45. The number of ether oxygens (including phenoxy) is 1. The zero-order chi connectivity index (χ0) is 17.4. The van der Waals surface area contributed by atoms with Gasteiger partial charge in [0.2, 0.25) is 0 Å². The van der Waals surface area contributed by atoms with Gasteiger partial charge >= 0.3 is 0 Å². The van der Waals surface area contributed by atoms with Crippen LogP contribution in [0.3, 0.4) is 0 Å². The first kappa shape index (κ1) is 18.6. The largest absolute Gasteiger partial charge is 0.494 e. The quantitative estimate of drug-likeness (QED) is 0.420. The number of nitrogens with zero attached hydrogens (tertiary/aromatic N) is 1. The highest BCUT2D eigenvalue weighted by atomic mass is 32.2. The van der Waals surface area contributed by atoms with Crippen LogP contribution < -0.4 is 10.3 Å². The fourth-order valence-corrected chi connectivity index (χ4v) is 2.92. The fraction of sp³-hybridized carbons (Fsp3) is 0.474. The third-order valence-corrected chi connectivity index (χ3v) is 4.39. The average molecular weight is 346 g/mol. The number of benzene rings is 1. The molecular formula is C19H26N2O2S. The zero-order valence-electron chi connectivity index (χ0n) is 14.7. The molecule has 1 aromatic heterocycles. The van der Waals surface area contributed by atoms with Crippen molar-refractivity contribution < 1.29 is 4.74 Å². The molecule has 1 N–H and O–H groups in total. The first-order valence-electron chi connectivity index (χ1n) is 8.55. The van der Waals surface area contributed by atoms with Crippen molar-refractivity contribution in [3.8, 4) is 5.75 Å². The fourth-order valence-electron chi connectivity index (χ4n) is 2.53. The Hall–Kier alpha value is -1.75. The Morgan fingerprint density at radius 1 is 1.25 bits per heavy atom. The summed E-state index contributed by atoms with van der Waals surface area (Å²) in [5.74, 6) is 0.864. The Balaban J connectivity index is 2.24. The highest BCUT2D eigenvalue weighted by molar-refractivity contribution is 7.98. The van der Waals surface area contributed by atoms with E-state index in [1.807, 2.05) is 30.5 Å². The van der Waals surface area contributed by atoms with Crippen molar-refractivity contribution in [2.45, 2.75) is 51.1 Å². The molecule has 0 amide bonds. The Kier molecular flexibility index (Phi) is 7.37. The van der Waals surface area contributed by atoms with Crippen LogP contribution in [-0.4, -0.2) is 22.8 Å². The Morgan fingerprint density at radius 2 is 2.08 bits per heavy atom. The van der Waals surface area contributed by atoms with Gasteiger partial charge < -0.3 is 9.72 Å². The summed E-state index contributed by atoms with van der Waals surface area (Å²) in [7, 11) is 0. The van der Waals surface area contributed by atoms with Crippen LogP contribution in [0, 0.1) is 0 Å². The number of nitrogens with one attached hydrogen (secondary N) is 1. The molecule has 130 valence electrons. The van der Waals surface area contributed by atoms with Crippen LogP contribution in [-0.2, 0) is 12.8 Å². The lowest BCUT2D eigenvalue weighted by molar-refractivity contribution is 0.309. The molecule has 0 fully saturated rings. The number of hydrogen-bond donors (Lipinski definition) is 1. The molecule has 0 saturated carbocycles. The van der Waals surface area contributed by atoms with Gasteiger partial charge in [0, 0.05) is 12.0 Å². The summed E-state index contributed by atoms with van der Waals surface area (Å²) in [5, 5.41) is 0.684. The van der Waals surface area contributed by atoms with Gasteiger partial charge in [0.25, 0.3) is 5.56 Å². The molecule has 1 heterocycles. The topological polar surface area (TPSA) is 55.0 Å². The normalized spacial score (nSPS) is 10.8. The number of aryl methyl sites for hydroxylation is 1. The van der Waals surface area contributed by atoms with Gasteiger partial charge in [-0.05, 0) is 36.8 Å². The van der Waals surface area contributed by atoms with Crippen LogP contribution in [0.5, 0.6) is 5.75 Å². The lowest BCUT2D eigenvalue weighted by Crippen LogP contribution is -2.19. The number of thioether (sulfide) groups is 1. The Bertz CT molecular complexity index is 713. The second-order valence-electron chi connectivity index (χ2n) is 5.78. The van der Waals surface area contributed by atoms with Crippen molar-refractivity contribution in [1.29, 1.82) is 0 Å².